The van der Waals surface area contributed by atoms with E-state index in [0.717, 1.165) is 24.0 Å². The van der Waals surface area contributed by atoms with Crippen LogP contribution in [0.5, 0.6) is 0 Å². The third kappa shape index (κ3) is 5.29. The number of hydrogen-bond acceptors (Lipinski definition) is 8. The monoisotopic (exact) mass is 483 g/mol. The fraction of sp³-hybridized carbons (Fsp3) is 0.500. The molecule has 4 rings (SSSR count). The largest absolute Gasteiger partial charge is 0.444 e. The lowest BCUT2D eigenvalue weighted by Crippen LogP contribution is -2.46. The quantitative estimate of drug-likeness (QED) is 0.580. The van der Waals surface area contributed by atoms with Crippen molar-refractivity contribution < 1.29 is 22.7 Å². The van der Waals surface area contributed by atoms with Gasteiger partial charge in [-0.1, -0.05) is 11.3 Å². The molecule has 9 nitrogen and oxygen atoms in total. The van der Waals surface area contributed by atoms with Crippen molar-refractivity contribution in [1.29, 1.82) is 0 Å². The minimum absolute atomic E-state index is 0.0209. The Labute approximate surface area is 191 Å². The number of alkyl halides is 3. The summed E-state index contributed by atoms with van der Waals surface area (Å²) in [6, 6.07) is 0.964. The highest BCUT2D eigenvalue weighted by Crippen LogP contribution is 2.35. The van der Waals surface area contributed by atoms with Crippen molar-refractivity contribution in [3.05, 3.63) is 24.0 Å². The smallest absolute Gasteiger partial charge is 0.419 e. The fourth-order valence-corrected chi connectivity index (χ4v) is 4.42. The van der Waals surface area contributed by atoms with Crippen LogP contribution in [0.3, 0.4) is 0 Å². The van der Waals surface area contributed by atoms with Crippen LogP contribution < -0.4 is 16.0 Å². The number of nitrogens with two attached hydrogens (primary N) is 1. The van der Waals surface area contributed by atoms with Gasteiger partial charge in [0.15, 0.2) is 0 Å². The summed E-state index contributed by atoms with van der Waals surface area (Å²) in [7, 11) is 0. The number of amides is 1. The van der Waals surface area contributed by atoms with Gasteiger partial charge in [0.1, 0.15) is 11.4 Å². The number of anilines is 2. The van der Waals surface area contributed by atoms with Crippen LogP contribution >= 0.6 is 11.3 Å². The van der Waals surface area contributed by atoms with Crippen LogP contribution in [0.1, 0.15) is 39.2 Å². The third-order valence-electron chi connectivity index (χ3n) is 5.04. The van der Waals surface area contributed by atoms with E-state index in [2.05, 4.69) is 25.3 Å². The van der Waals surface area contributed by atoms with Gasteiger partial charge in [-0.2, -0.15) is 13.2 Å². The lowest BCUT2D eigenvalue weighted by atomic mass is 10.1. The number of rotatable bonds is 3. The molecule has 4 heterocycles. The Morgan fingerprint density at radius 3 is 2.58 bits per heavy atom. The number of piperidine rings is 1. The van der Waals surface area contributed by atoms with E-state index in [9.17, 15) is 18.0 Å². The number of nitrogens with zero attached hydrogens (tertiary/aromatic N) is 5. The summed E-state index contributed by atoms with van der Waals surface area (Å²) in [5.74, 6) is -0.572. The van der Waals surface area contributed by atoms with Crippen LogP contribution in [0.25, 0.3) is 16.2 Å². The Hall–Kier alpha value is -3.09. The molecule has 0 atom stereocenters. The first-order chi connectivity index (χ1) is 15.4. The number of hydrogen-bond donors (Lipinski definition) is 2. The van der Waals surface area contributed by atoms with E-state index in [1.54, 1.807) is 10.7 Å². The average molecular weight is 484 g/mol. The van der Waals surface area contributed by atoms with Crippen LogP contribution in [-0.2, 0) is 10.9 Å². The summed E-state index contributed by atoms with van der Waals surface area (Å²) in [5.41, 5.74) is 4.38. The van der Waals surface area contributed by atoms with Crippen molar-refractivity contribution in [3.8, 4) is 11.3 Å². The number of nitrogens with one attached hydrogen (secondary N) is 1. The van der Waals surface area contributed by atoms with Gasteiger partial charge in [-0.15, -0.1) is 5.10 Å². The first-order valence-corrected chi connectivity index (χ1v) is 11.1. The Balaban J connectivity index is 1.42. The van der Waals surface area contributed by atoms with E-state index in [1.165, 1.54) is 17.5 Å². The summed E-state index contributed by atoms with van der Waals surface area (Å²) in [6.07, 6.45) is -0.708. The molecule has 1 amide bonds. The average Bonchev–Trinajstić information content (AvgIpc) is 3.26. The molecule has 1 aliphatic heterocycles. The number of carbonyl (C=O) groups is 1. The fourth-order valence-electron chi connectivity index (χ4n) is 3.49. The van der Waals surface area contributed by atoms with Gasteiger partial charge >= 0.3 is 12.3 Å². The van der Waals surface area contributed by atoms with Crippen LogP contribution in [0, 0.1) is 0 Å². The molecule has 33 heavy (non-hydrogen) atoms. The number of ether oxygens (including phenoxy) is 1. The Morgan fingerprint density at radius 2 is 1.97 bits per heavy atom. The second-order valence-corrected chi connectivity index (χ2v) is 9.73. The van der Waals surface area contributed by atoms with Gasteiger partial charge in [-0.25, -0.2) is 19.3 Å². The maximum atomic E-state index is 13.1. The van der Waals surface area contributed by atoms with Gasteiger partial charge in [-0.3, -0.25) is 0 Å². The number of halogens is 3. The van der Waals surface area contributed by atoms with Gasteiger partial charge in [-0.05, 0) is 39.7 Å². The number of imidazole rings is 1. The molecule has 0 bridgehead atoms. The lowest BCUT2D eigenvalue weighted by molar-refractivity contribution is -0.137. The number of aromatic nitrogens is 4. The van der Waals surface area contributed by atoms with Gasteiger partial charge in [0.05, 0.1) is 17.5 Å². The summed E-state index contributed by atoms with van der Waals surface area (Å²) < 4.78 is 46.2. The van der Waals surface area contributed by atoms with Gasteiger partial charge < -0.3 is 20.7 Å². The van der Waals surface area contributed by atoms with Crippen molar-refractivity contribution in [1.82, 2.24) is 24.9 Å². The highest BCUT2D eigenvalue weighted by molar-refractivity contribution is 7.20. The van der Waals surface area contributed by atoms with E-state index in [1.807, 2.05) is 20.8 Å². The number of nitrogen functional groups attached to an aromatic ring is 1. The Kier molecular flexibility index (Phi) is 5.85. The molecule has 13 heteroatoms. The van der Waals surface area contributed by atoms with Crippen LogP contribution in [0.15, 0.2) is 18.5 Å². The first-order valence-electron chi connectivity index (χ1n) is 10.3. The zero-order valence-corrected chi connectivity index (χ0v) is 19.1. The van der Waals surface area contributed by atoms with Crippen molar-refractivity contribution in [2.45, 2.75) is 51.4 Å². The predicted octanol–water partition coefficient (Wildman–Crippen LogP) is 3.95. The highest BCUT2D eigenvalue weighted by Gasteiger charge is 2.34. The third-order valence-corrected chi connectivity index (χ3v) is 6.02. The second kappa shape index (κ2) is 8.36. The molecule has 178 valence electrons. The summed E-state index contributed by atoms with van der Waals surface area (Å²) in [6.45, 7) is 6.84. The molecule has 0 spiro atoms. The van der Waals surface area contributed by atoms with Gasteiger partial charge in [0.25, 0.3) is 0 Å². The van der Waals surface area contributed by atoms with E-state index >= 15 is 0 Å². The SMILES string of the molecule is CC(C)(C)OC(=O)NC1CCN(c2nn3cc(-c4cnc(N)c(C(F)(F)F)c4)nc3s2)CC1. The number of alkyl carbamates (subject to hydrolysis) is 1. The highest BCUT2D eigenvalue weighted by atomic mass is 32.1. The predicted molar refractivity (Wildman–Crippen MR) is 118 cm³/mol. The van der Waals surface area contributed by atoms with Crippen molar-refractivity contribution in [2.24, 2.45) is 0 Å². The molecule has 3 aromatic heterocycles. The molecule has 1 fully saturated rings. The normalized spacial score (nSPS) is 15.8. The molecule has 3 aromatic rings. The van der Waals surface area contributed by atoms with Crippen LogP contribution in [-0.4, -0.2) is 50.4 Å². The zero-order chi connectivity index (χ0) is 24.0. The molecule has 0 aromatic carbocycles. The van der Waals surface area contributed by atoms with Gasteiger partial charge in [0.2, 0.25) is 10.1 Å². The molecule has 0 saturated carbocycles. The second-order valence-electron chi connectivity index (χ2n) is 8.80. The summed E-state index contributed by atoms with van der Waals surface area (Å²) >= 11 is 1.34. The van der Waals surface area contributed by atoms with Crippen molar-refractivity contribution in [2.75, 3.05) is 23.7 Å². The lowest BCUT2D eigenvalue weighted by Gasteiger charge is -2.32. The molecular formula is C20H24F3N7O2S. The van der Waals surface area contributed by atoms with E-state index in [-0.39, 0.29) is 11.6 Å². The van der Waals surface area contributed by atoms with Crippen LogP contribution in [0.2, 0.25) is 0 Å². The molecule has 0 unspecified atom stereocenters. The standard InChI is InChI=1S/C20H24F3N7O2S/c1-19(2,3)32-18(31)26-12-4-6-29(7-5-12)17-28-30-10-14(27-16(30)33-17)11-8-13(20(21,22)23)15(24)25-9-11/h8-10,12H,4-7H2,1-3H3,(H2,24,25)(H,26,31). The maximum Gasteiger partial charge on any atom is 0.419 e. The minimum Gasteiger partial charge on any atom is -0.444 e. The van der Waals surface area contributed by atoms with Crippen LogP contribution in [0.4, 0.5) is 28.9 Å². The van der Waals surface area contributed by atoms with E-state index in [0.29, 0.717) is 23.7 Å². The Bertz CT molecular complexity index is 1130. The Morgan fingerprint density at radius 1 is 1.27 bits per heavy atom. The van der Waals surface area contributed by atoms with Crippen molar-refractivity contribution in [3.63, 3.8) is 0 Å². The van der Waals surface area contributed by atoms with E-state index in [4.69, 9.17) is 10.5 Å². The van der Waals surface area contributed by atoms with E-state index < -0.39 is 29.3 Å². The summed E-state index contributed by atoms with van der Waals surface area (Å²) in [4.78, 5) is 22.7. The summed E-state index contributed by atoms with van der Waals surface area (Å²) in [5, 5.41) is 8.18. The molecular weight excluding hydrogens is 459 g/mol. The maximum absolute atomic E-state index is 13.1. The molecule has 0 radical (unpaired) electrons. The molecule has 1 aliphatic rings. The molecule has 3 N–H and O–H groups in total. The topological polar surface area (TPSA) is 111 Å². The molecule has 0 aliphatic carbocycles. The number of pyridine rings is 1. The van der Waals surface area contributed by atoms with Gasteiger partial charge in [0, 0.05) is 30.9 Å². The number of carbonyl (C=O) groups excluding carboxylic acids is 1. The number of fused-ring (bicyclic) bond motifs is 1. The zero-order valence-electron chi connectivity index (χ0n) is 18.3. The van der Waals surface area contributed by atoms with Crippen molar-refractivity contribution >= 4 is 33.3 Å². The minimum atomic E-state index is -4.60. The first kappa shape index (κ1) is 23.1. The molecule has 1 saturated heterocycles.